The number of hydrogen-bond donors (Lipinski definition) is 0. The maximum absolute atomic E-state index is 14.1. The van der Waals surface area contributed by atoms with Crippen molar-refractivity contribution < 1.29 is 13.9 Å². The lowest BCUT2D eigenvalue weighted by Crippen LogP contribution is -2.43. The Hall–Kier alpha value is -2.00. The first-order valence-electron chi connectivity index (χ1n) is 9.54. The molecule has 0 aliphatic carbocycles. The molecule has 0 spiro atoms. The van der Waals surface area contributed by atoms with Crippen LogP contribution in [-0.4, -0.2) is 60.9 Å². The number of para-hydroxylation sites is 1. The van der Waals surface area contributed by atoms with Gasteiger partial charge in [-0.3, -0.25) is 14.6 Å². The Morgan fingerprint density at radius 2 is 1.97 bits per heavy atom. The summed E-state index contributed by atoms with van der Waals surface area (Å²) in [5.74, 6) is -0.0678. The van der Waals surface area contributed by atoms with Crippen LogP contribution < -0.4 is 4.90 Å². The predicted octanol–water partition coefficient (Wildman–Crippen LogP) is 3.89. The van der Waals surface area contributed by atoms with Crippen LogP contribution in [-0.2, 0) is 9.53 Å². The minimum absolute atomic E-state index is 0.0217. The third kappa shape index (κ3) is 5.14. The van der Waals surface area contributed by atoms with Crippen LogP contribution in [0.5, 0.6) is 0 Å². The zero-order valence-electron chi connectivity index (χ0n) is 15.9. The van der Waals surface area contributed by atoms with Crippen molar-refractivity contribution in [2.75, 3.05) is 50.0 Å². The van der Waals surface area contributed by atoms with Crippen LogP contribution in [0.25, 0.3) is 10.2 Å². The molecule has 0 unspecified atom stereocenters. The molecule has 8 heteroatoms. The maximum Gasteiger partial charge on any atom is 0.239 e. The average molecular weight is 432 g/mol. The Kier molecular flexibility index (Phi) is 6.76. The molecule has 2 aromatic carbocycles. The third-order valence-corrected chi connectivity index (χ3v) is 6.78. The summed E-state index contributed by atoms with van der Waals surface area (Å²) in [5, 5.41) is 0.553. The molecular weight excluding hydrogens is 409 g/mol. The van der Waals surface area contributed by atoms with E-state index in [1.54, 1.807) is 11.0 Å². The highest BCUT2D eigenvalue weighted by Gasteiger charge is 2.22. The number of thioether (sulfide) groups is 1. The van der Waals surface area contributed by atoms with E-state index in [0.717, 1.165) is 29.2 Å². The molecule has 2 heterocycles. The number of aromatic nitrogens is 1. The summed E-state index contributed by atoms with van der Waals surface area (Å²) in [5.41, 5.74) is 0.326. The summed E-state index contributed by atoms with van der Waals surface area (Å²) in [7, 11) is 0. The predicted molar refractivity (Wildman–Crippen MR) is 116 cm³/mol. The Bertz CT molecular complexity index is 961. The Labute approximate surface area is 177 Å². The smallest absolute Gasteiger partial charge is 0.239 e. The number of nitrogens with zero attached hydrogens (tertiary/aromatic N) is 3. The molecular formula is C21H22FN3O2S2. The first kappa shape index (κ1) is 20.3. The number of anilines is 1. The van der Waals surface area contributed by atoms with Gasteiger partial charge in [-0.2, -0.15) is 0 Å². The molecule has 0 N–H and O–H groups in total. The molecule has 0 bridgehead atoms. The van der Waals surface area contributed by atoms with Crippen LogP contribution in [0, 0.1) is 5.82 Å². The molecule has 3 aromatic rings. The van der Waals surface area contributed by atoms with Crippen LogP contribution in [0.2, 0.25) is 0 Å². The van der Waals surface area contributed by atoms with Gasteiger partial charge < -0.3 is 4.74 Å². The highest BCUT2D eigenvalue weighted by Crippen LogP contribution is 2.31. The van der Waals surface area contributed by atoms with Gasteiger partial charge in [0.2, 0.25) is 5.91 Å². The standard InChI is InChI=1S/C21H22FN3O2S2/c22-17-7-4-8-18-20(17)23-21(29-18)25(10-9-24-11-13-27-14-12-24)19(26)15-28-16-5-2-1-3-6-16/h1-8H,9-15H2. The van der Waals surface area contributed by atoms with Gasteiger partial charge >= 0.3 is 0 Å². The second kappa shape index (κ2) is 9.67. The number of halogens is 1. The molecule has 152 valence electrons. The maximum atomic E-state index is 14.1. The molecule has 1 fully saturated rings. The van der Waals surface area contributed by atoms with Crippen molar-refractivity contribution in [3.8, 4) is 0 Å². The fourth-order valence-electron chi connectivity index (χ4n) is 3.15. The number of amides is 1. The van der Waals surface area contributed by atoms with Crippen molar-refractivity contribution in [2.45, 2.75) is 4.90 Å². The van der Waals surface area contributed by atoms with Crippen molar-refractivity contribution in [3.63, 3.8) is 0 Å². The van der Waals surface area contributed by atoms with Crippen molar-refractivity contribution in [1.29, 1.82) is 0 Å². The minimum atomic E-state index is -0.357. The lowest BCUT2D eigenvalue weighted by Gasteiger charge is -2.29. The number of benzene rings is 2. The number of morpholine rings is 1. The average Bonchev–Trinajstić information content (AvgIpc) is 3.19. The summed E-state index contributed by atoms with van der Waals surface area (Å²) in [6.07, 6.45) is 0. The van der Waals surface area contributed by atoms with E-state index in [2.05, 4.69) is 9.88 Å². The van der Waals surface area contributed by atoms with Crippen LogP contribution in [0.1, 0.15) is 0 Å². The molecule has 5 nitrogen and oxygen atoms in total. The van der Waals surface area contributed by atoms with Crippen LogP contribution in [0.3, 0.4) is 0 Å². The van der Waals surface area contributed by atoms with Crippen molar-refractivity contribution in [2.24, 2.45) is 0 Å². The molecule has 1 aliphatic heterocycles. The normalized spacial score (nSPS) is 14.9. The molecule has 0 atom stereocenters. The van der Waals surface area contributed by atoms with E-state index in [4.69, 9.17) is 4.74 Å². The molecule has 1 aromatic heterocycles. The van der Waals surface area contributed by atoms with Crippen molar-refractivity contribution in [3.05, 3.63) is 54.3 Å². The number of fused-ring (bicyclic) bond motifs is 1. The van der Waals surface area contributed by atoms with Gasteiger partial charge in [-0.05, 0) is 24.3 Å². The SMILES string of the molecule is O=C(CSc1ccccc1)N(CCN1CCOCC1)c1nc2c(F)cccc2s1. The van der Waals surface area contributed by atoms with E-state index < -0.39 is 0 Å². The first-order chi connectivity index (χ1) is 14.2. The quantitative estimate of drug-likeness (QED) is 0.531. The van der Waals surface area contributed by atoms with Gasteiger partial charge in [-0.15, -0.1) is 11.8 Å². The van der Waals surface area contributed by atoms with E-state index >= 15 is 0 Å². The largest absolute Gasteiger partial charge is 0.379 e. The monoisotopic (exact) mass is 431 g/mol. The topological polar surface area (TPSA) is 45.7 Å². The van der Waals surface area contributed by atoms with Crippen LogP contribution in [0.4, 0.5) is 9.52 Å². The molecule has 0 saturated carbocycles. The number of carbonyl (C=O) groups excluding carboxylic acids is 1. The molecule has 1 saturated heterocycles. The fourth-order valence-corrected chi connectivity index (χ4v) is 4.97. The zero-order valence-corrected chi connectivity index (χ0v) is 17.6. The number of hydrogen-bond acceptors (Lipinski definition) is 6. The van der Waals surface area contributed by atoms with Gasteiger partial charge in [0.05, 0.1) is 23.7 Å². The second-order valence-electron chi connectivity index (χ2n) is 6.68. The molecule has 4 rings (SSSR count). The van der Waals surface area contributed by atoms with Gasteiger partial charge in [-0.25, -0.2) is 9.37 Å². The summed E-state index contributed by atoms with van der Waals surface area (Å²) < 4.78 is 20.3. The van der Waals surface area contributed by atoms with E-state index in [9.17, 15) is 9.18 Å². The Balaban J connectivity index is 1.52. The molecule has 1 amide bonds. The summed E-state index contributed by atoms with van der Waals surface area (Å²) >= 11 is 2.86. The lowest BCUT2D eigenvalue weighted by molar-refractivity contribution is -0.116. The first-order valence-corrected chi connectivity index (χ1v) is 11.3. The van der Waals surface area contributed by atoms with E-state index in [-0.39, 0.29) is 11.7 Å². The summed E-state index contributed by atoms with van der Waals surface area (Å²) in [6, 6.07) is 14.8. The number of ether oxygens (including phenoxy) is 1. The van der Waals surface area contributed by atoms with E-state index in [0.29, 0.717) is 36.2 Å². The van der Waals surface area contributed by atoms with E-state index in [1.165, 1.54) is 29.2 Å². The van der Waals surface area contributed by atoms with Gasteiger partial charge in [0, 0.05) is 31.1 Å². The van der Waals surface area contributed by atoms with Gasteiger partial charge in [0.15, 0.2) is 5.13 Å². The second-order valence-corrected chi connectivity index (χ2v) is 8.74. The van der Waals surface area contributed by atoms with Crippen LogP contribution >= 0.6 is 23.1 Å². The summed E-state index contributed by atoms with van der Waals surface area (Å²) in [6.45, 7) is 4.40. The molecule has 29 heavy (non-hydrogen) atoms. The third-order valence-electron chi connectivity index (χ3n) is 4.74. The minimum Gasteiger partial charge on any atom is -0.379 e. The van der Waals surface area contributed by atoms with Crippen molar-refractivity contribution >= 4 is 44.4 Å². The van der Waals surface area contributed by atoms with Crippen molar-refractivity contribution in [1.82, 2.24) is 9.88 Å². The number of carbonyl (C=O) groups is 1. The van der Waals surface area contributed by atoms with Crippen LogP contribution in [0.15, 0.2) is 53.4 Å². The highest BCUT2D eigenvalue weighted by atomic mass is 32.2. The lowest BCUT2D eigenvalue weighted by atomic mass is 10.3. The molecule has 0 radical (unpaired) electrons. The van der Waals surface area contributed by atoms with E-state index in [1.807, 2.05) is 36.4 Å². The summed E-state index contributed by atoms with van der Waals surface area (Å²) in [4.78, 5) is 22.6. The zero-order chi connectivity index (χ0) is 20.1. The molecule has 1 aliphatic rings. The number of thiazole rings is 1. The number of rotatable bonds is 7. The Morgan fingerprint density at radius 1 is 1.17 bits per heavy atom. The van der Waals surface area contributed by atoms with Gasteiger partial charge in [0.1, 0.15) is 11.3 Å². The van der Waals surface area contributed by atoms with Gasteiger partial charge in [-0.1, -0.05) is 35.6 Å². The van der Waals surface area contributed by atoms with Gasteiger partial charge in [0.25, 0.3) is 0 Å². The highest BCUT2D eigenvalue weighted by molar-refractivity contribution is 8.00. The fraction of sp³-hybridized carbons (Fsp3) is 0.333. The Morgan fingerprint density at radius 3 is 2.72 bits per heavy atom.